The Balaban J connectivity index is 1.39. The van der Waals surface area contributed by atoms with Crippen LogP contribution in [0.1, 0.15) is 53.6 Å². The minimum Gasteiger partial charge on any atom is -0.466 e. The molecule has 1 unspecified atom stereocenters. The maximum absolute atomic E-state index is 12.7. The van der Waals surface area contributed by atoms with Gasteiger partial charge in [0.1, 0.15) is 23.0 Å². The number of rotatable bonds is 8. The van der Waals surface area contributed by atoms with Crippen LogP contribution in [-0.2, 0) is 16.1 Å². The fourth-order valence-corrected chi connectivity index (χ4v) is 4.38. The summed E-state index contributed by atoms with van der Waals surface area (Å²) in [6.07, 6.45) is 0.234. The van der Waals surface area contributed by atoms with Crippen molar-refractivity contribution in [2.24, 2.45) is 11.8 Å². The van der Waals surface area contributed by atoms with E-state index in [1.165, 1.54) is 0 Å². The van der Waals surface area contributed by atoms with Crippen LogP contribution in [-0.4, -0.2) is 40.7 Å². The third-order valence-corrected chi connectivity index (χ3v) is 6.15. The monoisotopic (exact) mass is 492 g/mol. The molecule has 4 rings (SSSR count). The third-order valence-electron chi connectivity index (χ3n) is 6.15. The highest BCUT2D eigenvalue weighted by molar-refractivity contribution is 6.05. The van der Waals surface area contributed by atoms with Gasteiger partial charge in [-0.2, -0.15) is 0 Å². The first-order chi connectivity index (χ1) is 17.1. The fraction of sp³-hybridized carbons (Fsp3) is 0.407. The number of hydrogen-bond acceptors (Lipinski definition) is 6. The van der Waals surface area contributed by atoms with Gasteiger partial charge < -0.3 is 24.4 Å². The van der Waals surface area contributed by atoms with Crippen LogP contribution in [0.2, 0.25) is 0 Å². The number of anilines is 1. The molecule has 3 heterocycles. The van der Waals surface area contributed by atoms with E-state index < -0.39 is 0 Å². The molecule has 9 nitrogen and oxygen atoms in total. The van der Waals surface area contributed by atoms with E-state index in [9.17, 15) is 14.4 Å². The maximum atomic E-state index is 12.7. The minimum atomic E-state index is -0.356. The first-order valence-electron chi connectivity index (χ1n) is 12.1. The zero-order chi connectivity index (χ0) is 26.0. The largest absolute Gasteiger partial charge is 0.466 e. The Hall–Kier alpha value is -3.88. The second kappa shape index (κ2) is 10.4. The van der Waals surface area contributed by atoms with Crippen LogP contribution in [0.15, 0.2) is 39.2 Å². The van der Waals surface area contributed by atoms with Gasteiger partial charge >= 0.3 is 0 Å². The molecular weight excluding hydrogens is 460 g/mol. The Bertz CT molecular complexity index is 1290. The van der Waals surface area contributed by atoms with E-state index in [2.05, 4.69) is 29.5 Å². The summed E-state index contributed by atoms with van der Waals surface area (Å²) < 4.78 is 11.3. The summed E-state index contributed by atoms with van der Waals surface area (Å²) in [7, 11) is 0. The molecular formula is C27H32N4O5. The van der Waals surface area contributed by atoms with Crippen LogP contribution < -0.4 is 10.6 Å². The van der Waals surface area contributed by atoms with Crippen molar-refractivity contribution >= 4 is 23.4 Å². The number of hydrogen-bond donors (Lipinski definition) is 2. The first-order valence-corrected chi connectivity index (χ1v) is 12.1. The van der Waals surface area contributed by atoms with Crippen molar-refractivity contribution in [3.8, 4) is 11.5 Å². The first kappa shape index (κ1) is 25.2. The van der Waals surface area contributed by atoms with Crippen LogP contribution in [0.3, 0.4) is 0 Å². The summed E-state index contributed by atoms with van der Waals surface area (Å²) in [6.45, 7) is 10.8. The summed E-state index contributed by atoms with van der Waals surface area (Å²) in [6, 6.07) is 8.91. The number of furan rings is 1. The van der Waals surface area contributed by atoms with Crippen molar-refractivity contribution in [3.63, 3.8) is 0 Å². The van der Waals surface area contributed by atoms with Gasteiger partial charge in [-0.05, 0) is 51.0 Å². The van der Waals surface area contributed by atoms with Gasteiger partial charge in [0.2, 0.25) is 17.7 Å². The number of nitrogens with one attached hydrogen (secondary N) is 2. The summed E-state index contributed by atoms with van der Waals surface area (Å²) in [4.78, 5) is 43.8. The lowest BCUT2D eigenvalue weighted by Crippen LogP contribution is -2.34. The molecule has 3 aromatic rings. The number of aromatic nitrogens is 1. The molecule has 1 aromatic carbocycles. The Morgan fingerprint density at radius 1 is 1.14 bits per heavy atom. The van der Waals surface area contributed by atoms with Crippen molar-refractivity contribution < 1.29 is 23.2 Å². The number of benzene rings is 1. The second-order valence-electron chi connectivity index (χ2n) is 9.70. The number of carbonyl (C=O) groups is 3. The summed E-state index contributed by atoms with van der Waals surface area (Å²) in [5, 5.41) is 5.77. The van der Waals surface area contributed by atoms with E-state index >= 15 is 0 Å². The average molecular weight is 493 g/mol. The Labute approximate surface area is 210 Å². The summed E-state index contributed by atoms with van der Waals surface area (Å²) >= 11 is 0. The average Bonchev–Trinajstić information content (AvgIpc) is 3.48. The molecule has 1 atom stereocenters. The molecule has 1 aliphatic rings. The molecule has 0 spiro atoms. The van der Waals surface area contributed by atoms with Crippen molar-refractivity contribution in [2.75, 3.05) is 18.4 Å². The van der Waals surface area contributed by atoms with Crippen LogP contribution in [0, 0.1) is 32.6 Å². The van der Waals surface area contributed by atoms with Gasteiger partial charge in [0.15, 0.2) is 0 Å². The third kappa shape index (κ3) is 5.67. The van der Waals surface area contributed by atoms with Crippen LogP contribution >= 0.6 is 0 Å². The number of aryl methyl sites for hydroxylation is 3. The fourth-order valence-electron chi connectivity index (χ4n) is 4.38. The smallest absolute Gasteiger partial charge is 0.259 e. The molecule has 9 heteroatoms. The van der Waals surface area contributed by atoms with Gasteiger partial charge in [0, 0.05) is 30.8 Å². The number of amides is 3. The van der Waals surface area contributed by atoms with Gasteiger partial charge in [0.05, 0.1) is 18.0 Å². The Morgan fingerprint density at radius 2 is 1.92 bits per heavy atom. The number of oxazole rings is 1. The SMILES string of the molecule is Cc1cc(C(=O)Nc2cccc(-c3nc(CNC(=O)C4CC(=O)N(CC(C)C)C4)c(C)o3)c2)c(C)o1. The van der Waals surface area contributed by atoms with E-state index in [-0.39, 0.29) is 36.6 Å². The number of nitrogens with zero attached hydrogens (tertiary/aromatic N) is 2. The lowest BCUT2D eigenvalue weighted by atomic mass is 10.1. The second-order valence-corrected chi connectivity index (χ2v) is 9.70. The van der Waals surface area contributed by atoms with Crippen molar-refractivity contribution in [2.45, 2.75) is 47.6 Å². The van der Waals surface area contributed by atoms with Crippen molar-refractivity contribution in [1.29, 1.82) is 0 Å². The molecule has 1 aliphatic heterocycles. The van der Waals surface area contributed by atoms with Crippen LogP contribution in [0.5, 0.6) is 0 Å². The van der Waals surface area contributed by atoms with E-state index in [1.807, 2.05) is 6.07 Å². The lowest BCUT2D eigenvalue weighted by molar-refractivity contribution is -0.129. The Morgan fingerprint density at radius 3 is 2.61 bits per heavy atom. The zero-order valence-corrected chi connectivity index (χ0v) is 21.3. The summed E-state index contributed by atoms with van der Waals surface area (Å²) in [5.41, 5.74) is 2.39. The molecule has 3 amide bonds. The molecule has 36 heavy (non-hydrogen) atoms. The molecule has 190 valence electrons. The predicted molar refractivity (Wildman–Crippen MR) is 134 cm³/mol. The van der Waals surface area contributed by atoms with Gasteiger partial charge in [-0.15, -0.1) is 0 Å². The molecule has 1 fully saturated rings. The normalized spacial score (nSPS) is 15.6. The van der Waals surface area contributed by atoms with Crippen LogP contribution in [0.4, 0.5) is 5.69 Å². The lowest BCUT2D eigenvalue weighted by Gasteiger charge is -2.18. The summed E-state index contributed by atoms with van der Waals surface area (Å²) in [5.74, 6) is 1.83. The quantitative estimate of drug-likeness (QED) is 0.486. The molecule has 2 N–H and O–H groups in total. The van der Waals surface area contributed by atoms with E-state index in [4.69, 9.17) is 8.83 Å². The highest BCUT2D eigenvalue weighted by atomic mass is 16.4. The molecule has 0 saturated carbocycles. The number of carbonyl (C=O) groups excluding carboxylic acids is 3. The van der Waals surface area contributed by atoms with Gasteiger partial charge in [-0.3, -0.25) is 14.4 Å². The highest BCUT2D eigenvalue weighted by Gasteiger charge is 2.34. The molecule has 0 radical (unpaired) electrons. The van der Waals surface area contributed by atoms with E-state index in [0.717, 1.165) is 0 Å². The van der Waals surface area contributed by atoms with Gasteiger partial charge in [-0.1, -0.05) is 19.9 Å². The van der Waals surface area contributed by atoms with Gasteiger partial charge in [-0.25, -0.2) is 4.98 Å². The zero-order valence-electron chi connectivity index (χ0n) is 21.3. The topological polar surface area (TPSA) is 118 Å². The standard InChI is InChI=1S/C27H32N4O5/c1-15(2)13-31-14-20(11-24(31)32)25(33)28-12-23-18(5)36-27(30-23)19-7-6-8-21(10-19)29-26(34)22-9-16(3)35-17(22)4/h6-10,15,20H,11-14H2,1-5H3,(H,28,33)(H,29,34). The molecule has 0 bridgehead atoms. The molecule has 0 aliphatic carbocycles. The predicted octanol–water partition coefficient (Wildman–Crippen LogP) is 4.23. The van der Waals surface area contributed by atoms with Gasteiger partial charge in [0.25, 0.3) is 5.91 Å². The van der Waals surface area contributed by atoms with E-state index in [1.54, 1.807) is 49.9 Å². The van der Waals surface area contributed by atoms with Crippen LogP contribution in [0.25, 0.3) is 11.5 Å². The molecule has 1 saturated heterocycles. The molecule has 2 aromatic heterocycles. The minimum absolute atomic E-state index is 0.0220. The maximum Gasteiger partial charge on any atom is 0.259 e. The Kier molecular flexibility index (Phi) is 7.28. The van der Waals surface area contributed by atoms with Crippen molar-refractivity contribution in [3.05, 3.63) is 58.9 Å². The number of likely N-dealkylation sites (tertiary alicyclic amines) is 1. The van der Waals surface area contributed by atoms with Crippen molar-refractivity contribution in [1.82, 2.24) is 15.2 Å². The highest BCUT2D eigenvalue weighted by Crippen LogP contribution is 2.26. The van der Waals surface area contributed by atoms with E-state index in [0.29, 0.717) is 64.7 Å².